The van der Waals surface area contributed by atoms with Crippen molar-refractivity contribution in [1.29, 1.82) is 0 Å². The molecule has 0 radical (unpaired) electrons. The van der Waals surface area contributed by atoms with Crippen LogP contribution >= 0.6 is 11.8 Å². The van der Waals surface area contributed by atoms with Gasteiger partial charge >= 0.3 is 5.97 Å². The lowest BCUT2D eigenvalue weighted by atomic mass is 10.1. The highest BCUT2D eigenvalue weighted by molar-refractivity contribution is 7.98. The van der Waals surface area contributed by atoms with Gasteiger partial charge in [0.15, 0.2) is 6.61 Å². The third-order valence-electron chi connectivity index (χ3n) is 4.15. The van der Waals surface area contributed by atoms with Crippen LogP contribution in [0, 0.1) is 13.8 Å². The van der Waals surface area contributed by atoms with E-state index >= 15 is 0 Å². The maximum Gasteiger partial charge on any atom is 0.341 e. The Bertz CT molecular complexity index is 801. The number of hydrogen-bond donors (Lipinski definition) is 0. The zero-order valence-electron chi connectivity index (χ0n) is 15.7. The van der Waals surface area contributed by atoms with Crippen molar-refractivity contribution in [2.45, 2.75) is 31.8 Å². The van der Waals surface area contributed by atoms with Crippen molar-refractivity contribution in [3.63, 3.8) is 0 Å². The number of hydrogen-bond acceptors (Lipinski definition) is 6. The summed E-state index contributed by atoms with van der Waals surface area (Å²) < 4.78 is 12.5. The minimum atomic E-state index is -0.544. The van der Waals surface area contributed by atoms with Crippen molar-refractivity contribution >= 4 is 23.5 Å². The summed E-state index contributed by atoms with van der Waals surface area (Å²) in [4.78, 5) is 29.0. The number of Topliss-reactive ketones (excluding diaryl/α,β-unsaturated/α-hetero) is 1. The van der Waals surface area contributed by atoms with Crippen LogP contribution < -0.4 is 0 Å². The monoisotopic (exact) mass is 376 g/mol. The summed E-state index contributed by atoms with van der Waals surface area (Å²) in [6.07, 6.45) is 3.45. The summed E-state index contributed by atoms with van der Waals surface area (Å²) in [5, 5.41) is 0.580. The topological polar surface area (TPSA) is 70.4 Å². The lowest BCUT2D eigenvalue weighted by Gasteiger charge is -2.17. The van der Waals surface area contributed by atoms with E-state index in [0.29, 0.717) is 22.8 Å². The van der Waals surface area contributed by atoms with E-state index in [1.807, 2.05) is 33.1 Å². The Morgan fingerprint density at radius 1 is 1.31 bits per heavy atom. The second-order valence-electron chi connectivity index (χ2n) is 6.02. The van der Waals surface area contributed by atoms with Gasteiger partial charge in [-0.25, -0.2) is 9.78 Å². The molecule has 2 rings (SSSR count). The van der Waals surface area contributed by atoms with Crippen LogP contribution in [0.1, 0.15) is 45.1 Å². The zero-order valence-corrected chi connectivity index (χ0v) is 16.6. The number of pyridine rings is 1. The normalized spacial score (nSPS) is 12.0. The standard InChI is InChI=1S/C19H24N2O4S/c1-12-9-16(14(3)21(12)13(2)10-24-4)17(22)11-25-19(23)15-7-6-8-20-18(15)26-5/h6-9,13H,10-11H2,1-5H3/t13-/m1/s1. The van der Waals surface area contributed by atoms with Crippen LogP contribution in [0.4, 0.5) is 0 Å². The summed E-state index contributed by atoms with van der Waals surface area (Å²) in [7, 11) is 1.65. The van der Waals surface area contributed by atoms with Crippen molar-refractivity contribution in [1.82, 2.24) is 9.55 Å². The van der Waals surface area contributed by atoms with E-state index in [-0.39, 0.29) is 18.4 Å². The number of rotatable bonds is 8. The molecule has 0 saturated carbocycles. The third kappa shape index (κ3) is 4.34. The number of aryl methyl sites for hydroxylation is 1. The molecule has 2 heterocycles. The Labute approximate surface area is 157 Å². The first-order valence-electron chi connectivity index (χ1n) is 8.27. The lowest BCUT2D eigenvalue weighted by molar-refractivity contribution is 0.0470. The molecule has 0 aliphatic carbocycles. The highest BCUT2D eigenvalue weighted by atomic mass is 32.2. The number of carbonyl (C=O) groups excluding carboxylic acids is 2. The number of thioether (sulfide) groups is 1. The van der Waals surface area contributed by atoms with Crippen LogP contribution in [0.5, 0.6) is 0 Å². The third-order valence-corrected chi connectivity index (χ3v) is 4.86. The molecule has 0 fully saturated rings. The van der Waals surface area contributed by atoms with Gasteiger partial charge in [0.25, 0.3) is 0 Å². The van der Waals surface area contributed by atoms with Crippen molar-refractivity contribution in [2.24, 2.45) is 0 Å². The fourth-order valence-corrected chi connectivity index (χ4v) is 3.59. The van der Waals surface area contributed by atoms with Crippen LogP contribution in [0.3, 0.4) is 0 Å². The molecule has 0 amide bonds. The van der Waals surface area contributed by atoms with E-state index in [1.54, 1.807) is 25.4 Å². The molecular weight excluding hydrogens is 352 g/mol. The van der Waals surface area contributed by atoms with Crippen LogP contribution in [0.2, 0.25) is 0 Å². The second kappa shape index (κ2) is 9.00. The van der Waals surface area contributed by atoms with E-state index in [1.165, 1.54) is 11.8 Å². The second-order valence-corrected chi connectivity index (χ2v) is 6.81. The zero-order chi connectivity index (χ0) is 19.3. The highest BCUT2D eigenvalue weighted by Gasteiger charge is 2.21. The Morgan fingerprint density at radius 3 is 2.69 bits per heavy atom. The Balaban J connectivity index is 2.11. The average Bonchev–Trinajstić information content (AvgIpc) is 2.93. The van der Waals surface area contributed by atoms with Gasteiger partial charge < -0.3 is 14.0 Å². The number of esters is 1. The number of methoxy groups -OCH3 is 1. The number of nitrogens with zero attached hydrogens (tertiary/aromatic N) is 2. The molecule has 0 N–H and O–H groups in total. The maximum atomic E-state index is 12.6. The number of aromatic nitrogens is 2. The van der Waals surface area contributed by atoms with Gasteiger partial charge in [0.05, 0.1) is 18.2 Å². The van der Waals surface area contributed by atoms with Crippen LogP contribution in [-0.2, 0) is 9.47 Å². The van der Waals surface area contributed by atoms with E-state index in [9.17, 15) is 9.59 Å². The largest absolute Gasteiger partial charge is 0.454 e. The van der Waals surface area contributed by atoms with Gasteiger partial charge in [-0.3, -0.25) is 4.79 Å². The molecule has 2 aromatic heterocycles. The smallest absolute Gasteiger partial charge is 0.341 e. The summed E-state index contributed by atoms with van der Waals surface area (Å²) in [5.41, 5.74) is 2.75. The van der Waals surface area contributed by atoms with Gasteiger partial charge in [-0.2, -0.15) is 0 Å². The first kappa shape index (κ1) is 20.2. The average molecular weight is 376 g/mol. The molecule has 1 atom stereocenters. The number of ether oxygens (including phenoxy) is 2. The first-order valence-corrected chi connectivity index (χ1v) is 9.49. The van der Waals surface area contributed by atoms with Crippen LogP contribution in [-0.4, -0.2) is 47.9 Å². The molecule has 0 saturated heterocycles. The molecule has 140 valence electrons. The maximum absolute atomic E-state index is 12.6. The summed E-state index contributed by atoms with van der Waals surface area (Å²) in [5.74, 6) is -0.769. The van der Waals surface area contributed by atoms with E-state index in [0.717, 1.165) is 11.4 Å². The lowest BCUT2D eigenvalue weighted by Crippen LogP contribution is -2.17. The highest BCUT2D eigenvalue weighted by Crippen LogP contribution is 2.22. The summed E-state index contributed by atoms with van der Waals surface area (Å²) in [6.45, 7) is 6.12. The van der Waals surface area contributed by atoms with Crippen molar-refractivity contribution < 1.29 is 19.1 Å². The number of carbonyl (C=O) groups is 2. The van der Waals surface area contributed by atoms with Crippen molar-refractivity contribution in [2.75, 3.05) is 26.6 Å². The molecule has 7 heteroatoms. The first-order chi connectivity index (χ1) is 12.4. The quantitative estimate of drug-likeness (QED) is 0.399. The molecule has 6 nitrogen and oxygen atoms in total. The molecule has 0 spiro atoms. The van der Waals surface area contributed by atoms with Gasteiger partial charge in [0.2, 0.25) is 5.78 Å². The van der Waals surface area contributed by atoms with Gasteiger partial charge in [0.1, 0.15) is 5.03 Å². The minimum absolute atomic E-state index is 0.114. The Morgan fingerprint density at radius 2 is 2.04 bits per heavy atom. The fourth-order valence-electron chi connectivity index (χ4n) is 3.05. The summed E-state index contributed by atoms with van der Waals surface area (Å²) in [6, 6.07) is 5.26. The summed E-state index contributed by atoms with van der Waals surface area (Å²) >= 11 is 1.36. The van der Waals surface area contributed by atoms with E-state index in [2.05, 4.69) is 9.55 Å². The molecule has 2 aromatic rings. The van der Waals surface area contributed by atoms with E-state index < -0.39 is 5.97 Å². The van der Waals surface area contributed by atoms with Gasteiger partial charge in [-0.05, 0) is 45.2 Å². The van der Waals surface area contributed by atoms with Gasteiger partial charge in [-0.15, -0.1) is 11.8 Å². The van der Waals surface area contributed by atoms with E-state index in [4.69, 9.17) is 9.47 Å². The predicted molar refractivity (Wildman–Crippen MR) is 101 cm³/mol. The molecule has 0 aliphatic rings. The minimum Gasteiger partial charge on any atom is -0.454 e. The van der Waals surface area contributed by atoms with Crippen molar-refractivity contribution in [3.05, 3.63) is 46.9 Å². The molecule has 0 unspecified atom stereocenters. The van der Waals surface area contributed by atoms with Crippen LogP contribution in [0.25, 0.3) is 0 Å². The molecule has 0 bridgehead atoms. The Hall–Kier alpha value is -2.12. The SMILES string of the molecule is COC[C@@H](C)n1c(C)cc(C(=O)COC(=O)c2cccnc2SC)c1C. The Kier molecular flexibility index (Phi) is 6.99. The molecular formula is C19H24N2O4S. The predicted octanol–water partition coefficient (Wildman–Crippen LogP) is 3.47. The van der Waals surface area contributed by atoms with Gasteiger partial charge in [0, 0.05) is 30.3 Å². The molecule has 0 aromatic carbocycles. The molecule has 0 aliphatic heterocycles. The van der Waals surface area contributed by atoms with Gasteiger partial charge in [-0.1, -0.05) is 0 Å². The fraction of sp³-hybridized carbons (Fsp3) is 0.421. The number of ketones is 1. The van der Waals surface area contributed by atoms with Crippen LogP contribution in [0.15, 0.2) is 29.4 Å². The molecule has 26 heavy (non-hydrogen) atoms. The van der Waals surface area contributed by atoms with Crippen molar-refractivity contribution in [3.8, 4) is 0 Å².